The third-order valence-corrected chi connectivity index (χ3v) is 4.36. The molecule has 2 aromatic carbocycles. The van der Waals surface area contributed by atoms with Crippen molar-refractivity contribution in [3.63, 3.8) is 0 Å². The molecule has 0 spiro atoms. The zero-order valence-electron chi connectivity index (χ0n) is 11.5. The second-order valence-electron chi connectivity index (χ2n) is 5.60. The largest absolute Gasteiger partial charge is 0.299 e. The number of rotatable bonds is 4. The maximum Gasteiger partial charge on any atom is 0.141 e. The molecule has 2 aromatic rings. The molecule has 0 N–H and O–H groups in total. The fraction of sp³-hybridized carbons (Fsp3) is 0.278. The molecule has 20 heavy (non-hydrogen) atoms. The summed E-state index contributed by atoms with van der Waals surface area (Å²) in [7, 11) is 0. The Morgan fingerprint density at radius 1 is 1.20 bits per heavy atom. The SMILES string of the molecule is Cc1ccc(CC(=O)C2CC2c2ccccc2)c(Cl)c1. The van der Waals surface area contributed by atoms with Gasteiger partial charge in [0.05, 0.1) is 0 Å². The fourth-order valence-electron chi connectivity index (χ4n) is 2.73. The van der Waals surface area contributed by atoms with E-state index in [1.807, 2.05) is 43.3 Å². The number of aryl methyl sites for hydroxylation is 1. The first-order valence-corrected chi connectivity index (χ1v) is 7.35. The molecule has 1 saturated carbocycles. The zero-order valence-corrected chi connectivity index (χ0v) is 12.2. The first-order valence-electron chi connectivity index (χ1n) is 6.98. The molecule has 0 saturated heterocycles. The molecule has 0 amide bonds. The van der Waals surface area contributed by atoms with Gasteiger partial charge in [0.25, 0.3) is 0 Å². The minimum Gasteiger partial charge on any atom is -0.299 e. The standard InChI is InChI=1S/C18H17ClO/c1-12-7-8-14(17(19)9-12)10-18(20)16-11-15(16)13-5-3-2-4-6-13/h2-9,15-16H,10-11H2,1H3. The van der Waals surface area contributed by atoms with Crippen LogP contribution in [0.5, 0.6) is 0 Å². The Bertz CT molecular complexity index is 633. The smallest absolute Gasteiger partial charge is 0.141 e. The summed E-state index contributed by atoms with van der Waals surface area (Å²) in [6, 6.07) is 16.2. The molecule has 1 fully saturated rings. The van der Waals surface area contributed by atoms with E-state index in [9.17, 15) is 4.79 Å². The molecule has 2 atom stereocenters. The highest BCUT2D eigenvalue weighted by Gasteiger charge is 2.43. The van der Waals surface area contributed by atoms with Gasteiger partial charge in [-0.05, 0) is 42.0 Å². The third kappa shape index (κ3) is 2.78. The van der Waals surface area contributed by atoms with E-state index in [2.05, 4.69) is 12.1 Å². The lowest BCUT2D eigenvalue weighted by Gasteiger charge is -2.05. The van der Waals surface area contributed by atoms with E-state index >= 15 is 0 Å². The van der Waals surface area contributed by atoms with Crippen LogP contribution >= 0.6 is 11.6 Å². The molecule has 0 bridgehead atoms. The molecule has 1 aliphatic carbocycles. The molecule has 1 nitrogen and oxygen atoms in total. The summed E-state index contributed by atoms with van der Waals surface area (Å²) in [5.41, 5.74) is 3.35. The Morgan fingerprint density at radius 3 is 2.65 bits per heavy atom. The number of hydrogen-bond acceptors (Lipinski definition) is 1. The Morgan fingerprint density at radius 2 is 1.95 bits per heavy atom. The molecule has 1 aliphatic rings. The van der Waals surface area contributed by atoms with E-state index in [0.29, 0.717) is 23.1 Å². The number of ketones is 1. The topological polar surface area (TPSA) is 17.1 Å². The van der Waals surface area contributed by atoms with Crippen LogP contribution in [0.4, 0.5) is 0 Å². The van der Waals surface area contributed by atoms with Crippen molar-refractivity contribution < 1.29 is 4.79 Å². The van der Waals surface area contributed by atoms with E-state index in [0.717, 1.165) is 17.5 Å². The Labute approximate surface area is 124 Å². The van der Waals surface area contributed by atoms with Gasteiger partial charge in [-0.2, -0.15) is 0 Å². The van der Waals surface area contributed by atoms with E-state index in [1.165, 1.54) is 5.56 Å². The van der Waals surface area contributed by atoms with Crippen LogP contribution in [0.3, 0.4) is 0 Å². The molecule has 2 unspecified atom stereocenters. The number of hydrogen-bond donors (Lipinski definition) is 0. The van der Waals surface area contributed by atoms with Gasteiger partial charge in [-0.1, -0.05) is 54.1 Å². The van der Waals surface area contributed by atoms with Crippen molar-refractivity contribution in [1.29, 1.82) is 0 Å². The monoisotopic (exact) mass is 284 g/mol. The van der Waals surface area contributed by atoms with Crippen LogP contribution in [0.25, 0.3) is 0 Å². The van der Waals surface area contributed by atoms with Gasteiger partial charge in [0.1, 0.15) is 5.78 Å². The van der Waals surface area contributed by atoms with Crippen molar-refractivity contribution in [1.82, 2.24) is 0 Å². The maximum atomic E-state index is 12.3. The lowest BCUT2D eigenvalue weighted by molar-refractivity contribution is -0.119. The predicted molar refractivity (Wildman–Crippen MR) is 82.2 cm³/mol. The summed E-state index contributed by atoms with van der Waals surface area (Å²) in [5.74, 6) is 0.896. The van der Waals surface area contributed by atoms with Gasteiger partial charge in [-0.15, -0.1) is 0 Å². The van der Waals surface area contributed by atoms with E-state index < -0.39 is 0 Å². The number of Topliss-reactive ketones (excluding diaryl/α,β-unsaturated/α-hetero) is 1. The molecule has 0 radical (unpaired) electrons. The van der Waals surface area contributed by atoms with Crippen LogP contribution in [0.1, 0.15) is 29.0 Å². The minimum absolute atomic E-state index is 0.176. The maximum absolute atomic E-state index is 12.3. The highest BCUT2D eigenvalue weighted by molar-refractivity contribution is 6.31. The summed E-state index contributed by atoms with van der Waals surface area (Å²) < 4.78 is 0. The van der Waals surface area contributed by atoms with Crippen molar-refractivity contribution in [3.05, 3.63) is 70.2 Å². The van der Waals surface area contributed by atoms with Gasteiger partial charge in [0, 0.05) is 17.4 Å². The van der Waals surface area contributed by atoms with Crippen molar-refractivity contribution in [2.24, 2.45) is 5.92 Å². The van der Waals surface area contributed by atoms with Gasteiger partial charge in [-0.25, -0.2) is 0 Å². The average Bonchev–Trinajstić information content (AvgIpc) is 3.23. The summed E-state index contributed by atoms with van der Waals surface area (Å²) in [5, 5.41) is 0.704. The number of carbonyl (C=O) groups is 1. The normalized spacial score (nSPS) is 20.7. The van der Waals surface area contributed by atoms with Crippen LogP contribution in [0.2, 0.25) is 5.02 Å². The second-order valence-corrected chi connectivity index (χ2v) is 6.00. The third-order valence-electron chi connectivity index (χ3n) is 4.00. The highest BCUT2D eigenvalue weighted by atomic mass is 35.5. The summed E-state index contributed by atoms with van der Waals surface area (Å²) in [6.45, 7) is 2.00. The summed E-state index contributed by atoms with van der Waals surface area (Å²) >= 11 is 6.20. The fourth-order valence-corrected chi connectivity index (χ4v) is 3.04. The Balaban J connectivity index is 1.67. The molecule has 0 heterocycles. The highest BCUT2D eigenvalue weighted by Crippen LogP contribution is 2.48. The molecule has 3 rings (SSSR count). The minimum atomic E-state index is 0.176. The van der Waals surface area contributed by atoms with Gasteiger partial charge >= 0.3 is 0 Å². The van der Waals surface area contributed by atoms with E-state index in [1.54, 1.807) is 0 Å². The Hall–Kier alpha value is -1.60. The first kappa shape index (κ1) is 13.4. The van der Waals surface area contributed by atoms with Crippen molar-refractivity contribution in [2.75, 3.05) is 0 Å². The van der Waals surface area contributed by atoms with Crippen LogP contribution in [-0.4, -0.2) is 5.78 Å². The molecule has 2 heteroatoms. The molecular formula is C18H17ClO. The van der Waals surface area contributed by atoms with Crippen LogP contribution < -0.4 is 0 Å². The summed E-state index contributed by atoms with van der Waals surface area (Å²) in [4.78, 5) is 12.3. The van der Waals surface area contributed by atoms with Crippen LogP contribution in [0, 0.1) is 12.8 Å². The first-order chi connectivity index (χ1) is 9.65. The summed E-state index contributed by atoms with van der Waals surface area (Å²) in [6.07, 6.45) is 1.43. The van der Waals surface area contributed by atoms with Crippen LogP contribution in [-0.2, 0) is 11.2 Å². The zero-order chi connectivity index (χ0) is 14.1. The number of benzene rings is 2. The van der Waals surface area contributed by atoms with Gasteiger partial charge in [-0.3, -0.25) is 4.79 Å². The van der Waals surface area contributed by atoms with Crippen molar-refractivity contribution in [2.45, 2.75) is 25.7 Å². The van der Waals surface area contributed by atoms with Crippen LogP contribution in [0.15, 0.2) is 48.5 Å². The second kappa shape index (κ2) is 5.41. The van der Waals surface area contributed by atoms with Gasteiger partial charge < -0.3 is 0 Å². The van der Waals surface area contributed by atoms with E-state index in [4.69, 9.17) is 11.6 Å². The van der Waals surface area contributed by atoms with Gasteiger partial charge in [0.2, 0.25) is 0 Å². The number of carbonyl (C=O) groups excluding carboxylic acids is 1. The molecular weight excluding hydrogens is 268 g/mol. The van der Waals surface area contributed by atoms with Crippen molar-refractivity contribution >= 4 is 17.4 Å². The Kier molecular flexibility index (Phi) is 3.62. The number of halogens is 1. The lowest BCUT2D eigenvalue weighted by atomic mass is 10.0. The average molecular weight is 285 g/mol. The van der Waals surface area contributed by atoms with Crippen molar-refractivity contribution in [3.8, 4) is 0 Å². The molecule has 102 valence electrons. The lowest BCUT2D eigenvalue weighted by Crippen LogP contribution is -2.07. The quantitative estimate of drug-likeness (QED) is 0.804. The molecule has 0 aromatic heterocycles. The van der Waals surface area contributed by atoms with E-state index in [-0.39, 0.29) is 5.92 Å². The predicted octanol–water partition coefficient (Wildman–Crippen LogP) is 4.56. The van der Waals surface area contributed by atoms with Gasteiger partial charge in [0.15, 0.2) is 0 Å². The molecule has 0 aliphatic heterocycles.